The summed E-state index contributed by atoms with van der Waals surface area (Å²) in [4.78, 5) is 0. The average Bonchev–Trinajstić information content (AvgIpc) is 2.65. The van der Waals surface area contributed by atoms with Crippen LogP contribution in [-0.2, 0) is 6.42 Å². The smallest absolute Gasteiger partial charge is 0.0683 e. The Morgan fingerprint density at radius 1 is 1.50 bits per heavy atom. The van der Waals surface area contributed by atoms with Gasteiger partial charge in [0.15, 0.2) is 0 Å². The summed E-state index contributed by atoms with van der Waals surface area (Å²) < 4.78 is 0. The van der Waals surface area contributed by atoms with Crippen LogP contribution in [0, 0.1) is 0 Å². The average molecular weight is 236 g/mol. The van der Waals surface area contributed by atoms with Gasteiger partial charge in [0.2, 0.25) is 0 Å². The molecule has 0 bridgehead atoms. The number of hydrogen-bond acceptors (Lipinski definition) is 2. The molecule has 0 amide bonds. The van der Waals surface area contributed by atoms with Crippen LogP contribution in [0.4, 0.5) is 0 Å². The lowest BCUT2D eigenvalue weighted by Gasteiger charge is -2.06. The Hall–Kier alpha value is -1.32. The lowest BCUT2D eigenvalue weighted by molar-refractivity contribution is 0.739. The van der Waals surface area contributed by atoms with E-state index in [9.17, 15) is 0 Å². The number of hydrogen-bond donors (Lipinski definition) is 2. The molecule has 1 aromatic heterocycles. The van der Waals surface area contributed by atoms with Crippen molar-refractivity contribution in [2.75, 3.05) is 0 Å². The van der Waals surface area contributed by atoms with Crippen molar-refractivity contribution in [3.8, 4) is 11.3 Å². The van der Waals surface area contributed by atoms with Crippen molar-refractivity contribution < 1.29 is 0 Å². The second kappa shape index (κ2) is 4.68. The van der Waals surface area contributed by atoms with Gasteiger partial charge in [0.25, 0.3) is 0 Å². The molecule has 0 aliphatic carbocycles. The fourth-order valence-corrected chi connectivity index (χ4v) is 1.90. The van der Waals surface area contributed by atoms with Gasteiger partial charge in [-0.05, 0) is 31.0 Å². The van der Waals surface area contributed by atoms with E-state index in [4.69, 9.17) is 17.3 Å². The largest absolute Gasteiger partial charge is 0.328 e. The second-order valence-corrected chi connectivity index (χ2v) is 4.40. The third-order valence-corrected chi connectivity index (χ3v) is 2.61. The first-order valence-corrected chi connectivity index (χ1v) is 5.58. The maximum absolute atomic E-state index is 5.96. The monoisotopic (exact) mass is 235 g/mol. The van der Waals surface area contributed by atoms with Gasteiger partial charge in [0, 0.05) is 16.6 Å². The van der Waals surface area contributed by atoms with Gasteiger partial charge >= 0.3 is 0 Å². The summed E-state index contributed by atoms with van der Waals surface area (Å²) in [5, 5.41) is 7.77. The molecule has 0 aliphatic heterocycles. The van der Waals surface area contributed by atoms with Crippen LogP contribution >= 0.6 is 11.6 Å². The van der Waals surface area contributed by atoms with E-state index < -0.39 is 0 Å². The number of nitrogens with one attached hydrogen (secondary N) is 1. The van der Waals surface area contributed by atoms with Gasteiger partial charge in [-0.2, -0.15) is 5.10 Å². The van der Waals surface area contributed by atoms with Crippen LogP contribution in [0.2, 0.25) is 5.02 Å². The number of aromatic amines is 1. The normalized spacial score (nSPS) is 12.7. The Morgan fingerprint density at radius 3 is 3.00 bits per heavy atom. The lowest BCUT2D eigenvalue weighted by atomic mass is 10.0. The number of nitrogens with zero attached hydrogens (tertiary/aromatic N) is 1. The molecule has 84 valence electrons. The highest BCUT2D eigenvalue weighted by Gasteiger charge is 2.09. The maximum Gasteiger partial charge on any atom is 0.0683 e. The SMILES string of the molecule is CC(N)Cc1cn[nH]c1-c1cccc(Cl)c1. The van der Waals surface area contributed by atoms with Gasteiger partial charge in [-0.15, -0.1) is 0 Å². The van der Waals surface area contributed by atoms with E-state index in [1.54, 1.807) is 0 Å². The van der Waals surface area contributed by atoms with Crippen molar-refractivity contribution in [3.05, 3.63) is 41.0 Å². The molecule has 0 saturated carbocycles. The van der Waals surface area contributed by atoms with Gasteiger partial charge < -0.3 is 5.73 Å². The molecule has 0 fully saturated rings. The van der Waals surface area contributed by atoms with E-state index in [0.29, 0.717) is 0 Å². The topological polar surface area (TPSA) is 54.7 Å². The number of nitrogens with two attached hydrogens (primary N) is 1. The highest BCUT2D eigenvalue weighted by atomic mass is 35.5. The van der Waals surface area contributed by atoms with Crippen LogP contribution in [-0.4, -0.2) is 16.2 Å². The van der Waals surface area contributed by atoms with Crippen LogP contribution in [0.3, 0.4) is 0 Å². The summed E-state index contributed by atoms with van der Waals surface area (Å²) in [5.74, 6) is 0. The third kappa shape index (κ3) is 2.43. The fourth-order valence-electron chi connectivity index (χ4n) is 1.71. The number of rotatable bonds is 3. The molecule has 1 atom stereocenters. The van der Waals surface area contributed by atoms with E-state index in [-0.39, 0.29) is 6.04 Å². The van der Waals surface area contributed by atoms with Crippen molar-refractivity contribution >= 4 is 11.6 Å². The molecule has 1 aromatic carbocycles. The van der Waals surface area contributed by atoms with Crippen LogP contribution < -0.4 is 5.73 Å². The zero-order valence-corrected chi connectivity index (χ0v) is 9.83. The van der Waals surface area contributed by atoms with Gasteiger partial charge in [0.05, 0.1) is 11.9 Å². The Bertz CT molecular complexity index is 477. The standard InChI is InChI=1S/C12H14ClN3/c1-8(14)5-10-7-15-16-12(10)9-3-2-4-11(13)6-9/h2-4,6-8H,5,14H2,1H3,(H,15,16). The second-order valence-electron chi connectivity index (χ2n) is 3.96. The minimum Gasteiger partial charge on any atom is -0.328 e. The molecule has 0 saturated heterocycles. The van der Waals surface area contributed by atoms with Gasteiger partial charge in [-0.3, -0.25) is 5.10 Å². The molecule has 1 unspecified atom stereocenters. The Morgan fingerprint density at radius 2 is 2.31 bits per heavy atom. The molecule has 16 heavy (non-hydrogen) atoms. The molecule has 0 spiro atoms. The van der Waals surface area contributed by atoms with E-state index in [1.165, 1.54) is 0 Å². The predicted octanol–water partition coefficient (Wildman–Crippen LogP) is 2.62. The molecule has 3 nitrogen and oxygen atoms in total. The number of halogens is 1. The maximum atomic E-state index is 5.96. The van der Waals surface area contributed by atoms with Crippen molar-refractivity contribution in [2.24, 2.45) is 5.73 Å². The minimum absolute atomic E-state index is 0.121. The Kier molecular flexibility index (Phi) is 3.27. The molecule has 1 heterocycles. The highest BCUT2D eigenvalue weighted by molar-refractivity contribution is 6.30. The molecular formula is C12H14ClN3. The molecule has 4 heteroatoms. The summed E-state index contributed by atoms with van der Waals surface area (Å²) >= 11 is 5.96. The van der Waals surface area contributed by atoms with E-state index in [2.05, 4.69) is 10.2 Å². The molecular weight excluding hydrogens is 222 g/mol. The van der Waals surface area contributed by atoms with Crippen molar-refractivity contribution in [1.29, 1.82) is 0 Å². The van der Waals surface area contributed by atoms with Gasteiger partial charge in [-0.1, -0.05) is 23.7 Å². The molecule has 0 aliphatic rings. The summed E-state index contributed by atoms with van der Waals surface area (Å²) in [7, 11) is 0. The van der Waals surface area contributed by atoms with E-state index in [0.717, 1.165) is 28.3 Å². The Balaban J connectivity index is 2.37. The highest BCUT2D eigenvalue weighted by Crippen LogP contribution is 2.24. The van der Waals surface area contributed by atoms with Gasteiger partial charge in [0.1, 0.15) is 0 Å². The van der Waals surface area contributed by atoms with Crippen LogP contribution in [0.5, 0.6) is 0 Å². The summed E-state index contributed by atoms with van der Waals surface area (Å²) in [6, 6.07) is 7.82. The first kappa shape index (κ1) is 11.2. The van der Waals surface area contributed by atoms with Crippen LogP contribution in [0.25, 0.3) is 11.3 Å². The van der Waals surface area contributed by atoms with Crippen molar-refractivity contribution in [1.82, 2.24) is 10.2 Å². The minimum atomic E-state index is 0.121. The molecule has 3 N–H and O–H groups in total. The van der Waals surface area contributed by atoms with Crippen molar-refractivity contribution in [3.63, 3.8) is 0 Å². The zero-order chi connectivity index (χ0) is 11.5. The summed E-state index contributed by atoms with van der Waals surface area (Å²) in [5.41, 5.74) is 8.96. The van der Waals surface area contributed by atoms with E-state index in [1.807, 2.05) is 37.4 Å². The first-order valence-electron chi connectivity index (χ1n) is 5.20. The number of benzene rings is 1. The number of H-pyrrole nitrogens is 1. The van der Waals surface area contributed by atoms with Crippen molar-refractivity contribution in [2.45, 2.75) is 19.4 Å². The van der Waals surface area contributed by atoms with Gasteiger partial charge in [-0.25, -0.2) is 0 Å². The van der Waals surface area contributed by atoms with E-state index >= 15 is 0 Å². The third-order valence-electron chi connectivity index (χ3n) is 2.37. The molecule has 2 aromatic rings. The first-order chi connectivity index (χ1) is 7.66. The summed E-state index contributed by atoms with van der Waals surface area (Å²) in [6.45, 7) is 1.98. The lowest BCUT2D eigenvalue weighted by Crippen LogP contribution is -2.17. The zero-order valence-electron chi connectivity index (χ0n) is 9.07. The fraction of sp³-hybridized carbons (Fsp3) is 0.250. The van der Waals surface area contributed by atoms with Crippen LogP contribution in [0.1, 0.15) is 12.5 Å². The predicted molar refractivity (Wildman–Crippen MR) is 66.4 cm³/mol. The quantitative estimate of drug-likeness (QED) is 0.859. The Labute approximate surface area is 99.6 Å². The number of aromatic nitrogens is 2. The summed E-state index contributed by atoms with van der Waals surface area (Å²) in [6.07, 6.45) is 2.62. The molecule has 0 radical (unpaired) electrons. The molecule has 2 rings (SSSR count). The van der Waals surface area contributed by atoms with Crippen LogP contribution in [0.15, 0.2) is 30.5 Å².